The molecule has 0 unspecified atom stereocenters. The van der Waals surface area contributed by atoms with Crippen LogP contribution in [0.2, 0.25) is 0 Å². The minimum Gasteiger partial charge on any atom is -0.369 e. The van der Waals surface area contributed by atoms with E-state index in [-0.39, 0.29) is 5.82 Å². The molecule has 0 aliphatic rings. The second kappa shape index (κ2) is 6.00. The Morgan fingerprint density at radius 1 is 1.17 bits per heavy atom. The predicted octanol–water partition coefficient (Wildman–Crippen LogP) is 2.75. The van der Waals surface area contributed by atoms with Crippen LogP contribution in [0.15, 0.2) is 58.4 Å². The van der Waals surface area contributed by atoms with Gasteiger partial charge in [-0.15, -0.1) is 0 Å². The molecule has 23 heavy (non-hydrogen) atoms. The summed E-state index contributed by atoms with van der Waals surface area (Å²) in [5.41, 5.74) is -0.0178. The van der Waals surface area contributed by atoms with E-state index in [1.165, 1.54) is 10.9 Å². The van der Waals surface area contributed by atoms with Gasteiger partial charge in [-0.1, -0.05) is 30.3 Å². The van der Waals surface area contributed by atoms with Crippen LogP contribution in [-0.4, -0.2) is 34.9 Å². The molecule has 0 saturated heterocycles. The van der Waals surface area contributed by atoms with E-state index in [1.807, 2.05) is 36.4 Å². The van der Waals surface area contributed by atoms with Crippen LogP contribution in [0.5, 0.6) is 0 Å². The van der Waals surface area contributed by atoms with E-state index in [1.54, 1.807) is 25.1 Å². The molecule has 1 aromatic heterocycles. The van der Waals surface area contributed by atoms with Crippen LogP contribution >= 0.6 is 0 Å². The Labute approximate surface area is 132 Å². The maximum absolute atomic E-state index is 14.1. The van der Waals surface area contributed by atoms with Crippen molar-refractivity contribution in [2.45, 2.75) is 0 Å². The first-order valence-corrected chi connectivity index (χ1v) is 7.03. The van der Waals surface area contributed by atoms with Crippen molar-refractivity contribution in [2.24, 2.45) is 4.99 Å². The molecular weight excluding hydrogens is 295 g/mol. The van der Waals surface area contributed by atoms with Gasteiger partial charge in [0.25, 0.3) is 0 Å². The van der Waals surface area contributed by atoms with Crippen LogP contribution in [0.4, 0.5) is 10.2 Å². The maximum atomic E-state index is 14.1. The number of hydrogen-bond acceptors (Lipinski definition) is 3. The minimum absolute atomic E-state index is 0.222. The van der Waals surface area contributed by atoms with Gasteiger partial charge in [0, 0.05) is 14.1 Å². The Balaban J connectivity index is 2.08. The zero-order valence-corrected chi connectivity index (χ0v) is 12.8. The average Bonchev–Trinajstić information content (AvgIpc) is 2.54. The predicted molar refractivity (Wildman–Crippen MR) is 89.1 cm³/mol. The summed E-state index contributed by atoms with van der Waals surface area (Å²) in [5.74, 6) is -0.878. The molecule has 2 aromatic carbocycles. The SMILES string of the molecule is CN(C)/C=N/c1nc(=O)n(-c2ccc3ccccc3c2)cc1F. The summed E-state index contributed by atoms with van der Waals surface area (Å²) in [6.45, 7) is 0. The second-order valence-electron chi connectivity index (χ2n) is 5.30. The van der Waals surface area contributed by atoms with Crippen LogP contribution in [0.3, 0.4) is 0 Å². The van der Waals surface area contributed by atoms with Crippen molar-refractivity contribution in [2.75, 3.05) is 14.1 Å². The molecular formula is C17H15FN4O. The monoisotopic (exact) mass is 310 g/mol. The van der Waals surface area contributed by atoms with Gasteiger partial charge < -0.3 is 4.90 Å². The highest BCUT2D eigenvalue weighted by Crippen LogP contribution is 2.19. The van der Waals surface area contributed by atoms with Gasteiger partial charge in [-0.05, 0) is 22.9 Å². The van der Waals surface area contributed by atoms with Gasteiger partial charge in [-0.25, -0.2) is 14.2 Å². The highest BCUT2D eigenvalue weighted by molar-refractivity contribution is 5.84. The molecule has 0 aliphatic heterocycles. The fraction of sp³-hybridized carbons (Fsp3) is 0.118. The highest BCUT2D eigenvalue weighted by atomic mass is 19.1. The van der Waals surface area contributed by atoms with Crippen molar-refractivity contribution < 1.29 is 4.39 Å². The average molecular weight is 310 g/mol. The maximum Gasteiger partial charge on any atom is 0.354 e. The number of aliphatic imine (C=N–C) groups is 1. The molecule has 0 spiro atoms. The normalized spacial score (nSPS) is 11.3. The first kappa shape index (κ1) is 14.9. The summed E-state index contributed by atoms with van der Waals surface area (Å²) in [5, 5.41) is 2.01. The standard InChI is InChI=1S/C17H15FN4O/c1-21(2)11-19-16-15(18)10-22(17(23)20-16)14-8-7-12-5-3-4-6-13(12)9-14/h3-11H,1-2H3/b19-11+. The third-order valence-corrected chi connectivity index (χ3v) is 3.29. The molecule has 0 amide bonds. The first-order valence-electron chi connectivity index (χ1n) is 7.03. The van der Waals surface area contributed by atoms with Gasteiger partial charge in [-0.3, -0.25) is 4.57 Å². The number of aromatic nitrogens is 2. The number of hydrogen-bond donors (Lipinski definition) is 0. The highest BCUT2D eigenvalue weighted by Gasteiger charge is 2.09. The molecule has 0 bridgehead atoms. The number of benzene rings is 2. The van der Waals surface area contributed by atoms with Gasteiger partial charge in [-0.2, -0.15) is 4.98 Å². The summed E-state index contributed by atoms with van der Waals surface area (Å²) in [6, 6.07) is 13.2. The molecule has 3 rings (SSSR count). The summed E-state index contributed by atoms with van der Waals surface area (Å²) in [7, 11) is 3.50. The molecule has 0 radical (unpaired) electrons. The lowest BCUT2D eigenvalue weighted by Gasteiger charge is -2.08. The van der Waals surface area contributed by atoms with Gasteiger partial charge in [0.1, 0.15) is 0 Å². The fourth-order valence-corrected chi connectivity index (χ4v) is 2.20. The Morgan fingerprint density at radius 2 is 1.91 bits per heavy atom. The molecule has 0 atom stereocenters. The topological polar surface area (TPSA) is 50.5 Å². The van der Waals surface area contributed by atoms with E-state index >= 15 is 0 Å². The zero-order chi connectivity index (χ0) is 16.4. The molecule has 0 aliphatic carbocycles. The first-order chi connectivity index (χ1) is 11.0. The second-order valence-corrected chi connectivity index (χ2v) is 5.30. The minimum atomic E-state index is -0.657. The summed E-state index contributed by atoms with van der Waals surface area (Å²) in [6.07, 6.45) is 2.51. The van der Waals surface area contributed by atoms with Gasteiger partial charge in [0.15, 0.2) is 11.6 Å². The van der Waals surface area contributed by atoms with E-state index in [0.717, 1.165) is 17.0 Å². The van der Waals surface area contributed by atoms with Gasteiger partial charge >= 0.3 is 5.69 Å². The Bertz CT molecular complexity index is 947. The summed E-state index contributed by atoms with van der Waals surface area (Å²) >= 11 is 0. The van der Waals surface area contributed by atoms with Gasteiger partial charge in [0.05, 0.1) is 18.2 Å². The van der Waals surface area contributed by atoms with Crippen LogP contribution < -0.4 is 5.69 Å². The Morgan fingerprint density at radius 3 is 2.65 bits per heavy atom. The van der Waals surface area contributed by atoms with E-state index in [4.69, 9.17) is 0 Å². The summed E-state index contributed by atoms with van der Waals surface area (Å²) in [4.78, 5) is 21.4. The van der Waals surface area contributed by atoms with Crippen LogP contribution in [-0.2, 0) is 0 Å². The van der Waals surface area contributed by atoms with Crippen molar-refractivity contribution in [1.82, 2.24) is 14.5 Å². The van der Waals surface area contributed by atoms with Crippen LogP contribution in [0.1, 0.15) is 0 Å². The van der Waals surface area contributed by atoms with Crippen molar-refractivity contribution in [1.29, 1.82) is 0 Å². The largest absolute Gasteiger partial charge is 0.369 e. The number of rotatable bonds is 3. The Kier molecular flexibility index (Phi) is 3.89. The van der Waals surface area contributed by atoms with E-state index in [9.17, 15) is 9.18 Å². The number of halogens is 1. The molecule has 116 valence electrons. The van der Waals surface area contributed by atoms with E-state index in [0.29, 0.717) is 5.69 Å². The third-order valence-electron chi connectivity index (χ3n) is 3.29. The van der Waals surface area contributed by atoms with Gasteiger partial charge in [0.2, 0.25) is 0 Å². The van der Waals surface area contributed by atoms with Crippen LogP contribution in [0, 0.1) is 5.82 Å². The van der Waals surface area contributed by atoms with E-state index < -0.39 is 11.5 Å². The molecule has 3 aromatic rings. The van der Waals surface area contributed by atoms with Crippen molar-refractivity contribution in [3.8, 4) is 5.69 Å². The quantitative estimate of drug-likeness (QED) is 0.552. The fourth-order valence-electron chi connectivity index (χ4n) is 2.20. The molecule has 5 nitrogen and oxygen atoms in total. The number of nitrogens with zero attached hydrogens (tertiary/aromatic N) is 4. The lowest BCUT2D eigenvalue weighted by atomic mass is 10.1. The molecule has 0 fully saturated rings. The van der Waals surface area contributed by atoms with Crippen molar-refractivity contribution in [3.63, 3.8) is 0 Å². The Hall–Kier alpha value is -3.02. The lowest BCUT2D eigenvalue weighted by molar-refractivity contribution is 0.601. The van der Waals surface area contributed by atoms with Crippen molar-refractivity contribution >= 4 is 22.9 Å². The molecule has 0 N–H and O–H groups in total. The summed E-state index contributed by atoms with van der Waals surface area (Å²) < 4.78 is 15.3. The van der Waals surface area contributed by atoms with E-state index in [2.05, 4.69) is 9.98 Å². The lowest BCUT2D eigenvalue weighted by Crippen LogP contribution is -2.21. The zero-order valence-electron chi connectivity index (χ0n) is 12.8. The molecule has 6 heteroatoms. The molecule has 1 heterocycles. The molecule has 0 saturated carbocycles. The van der Waals surface area contributed by atoms with Crippen molar-refractivity contribution in [3.05, 3.63) is 65.0 Å². The number of fused-ring (bicyclic) bond motifs is 1. The van der Waals surface area contributed by atoms with Crippen LogP contribution in [0.25, 0.3) is 16.5 Å². The third kappa shape index (κ3) is 3.11. The smallest absolute Gasteiger partial charge is 0.354 e.